The number of hydrogen-bond donors (Lipinski definition) is 2. The van der Waals surface area contributed by atoms with Gasteiger partial charge in [-0.2, -0.15) is 0 Å². The summed E-state index contributed by atoms with van der Waals surface area (Å²) in [6, 6.07) is 0. The van der Waals surface area contributed by atoms with Crippen LogP contribution in [0.4, 0.5) is 0 Å². The van der Waals surface area contributed by atoms with Crippen molar-refractivity contribution in [1.82, 2.24) is 4.90 Å². The van der Waals surface area contributed by atoms with Crippen molar-refractivity contribution in [2.75, 3.05) is 40.0 Å². The summed E-state index contributed by atoms with van der Waals surface area (Å²) < 4.78 is 2.95. The summed E-state index contributed by atoms with van der Waals surface area (Å²) in [5.74, 6) is 0.175. The topological polar surface area (TPSA) is 69.3 Å². The van der Waals surface area contributed by atoms with Crippen LogP contribution in [0.25, 0.3) is 0 Å². The van der Waals surface area contributed by atoms with Crippen molar-refractivity contribution in [1.29, 1.82) is 0 Å². The van der Waals surface area contributed by atoms with Gasteiger partial charge in [-0.05, 0) is 25.8 Å². The van der Waals surface area contributed by atoms with Crippen molar-refractivity contribution in [2.24, 2.45) is 5.73 Å². The molecule has 5 nitrogen and oxygen atoms in total. The maximum atomic E-state index is 11.5. The molecule has 1 amide bonds. The molecule has 31 heavy (non-hydrogen) atoms. The number of nitrogens with zero attached hydrogens (tertiary/aromatic N) is 1. The molecule has 1 atom stereocenters. The molecule has 0 aromatic carbocycles. The highest BCUT2D eigenvalue weighted by Crippen LogP contribution is 2.11. The standard InChI is InChI=1S/C14H29N2O3.C12H26/c1-19(10-5-3-2-4-8-15)12-13(17)11-16-9-6-7-14(16)18;1-3-5-7-9-11-12-10-8-6-4-2/h13,17H,2-12,15H2,1H3;3-12H2,1-2H3/q+1;. The van der Waals surface area contributed by atoms with Crippen molar-refractivity contribution in [3.63, 3.8) is 0 Å². The summed E-state index contributed by atoms with van der Waals surface area (Å²) in [4.78, 5) is 13.2. The van der Waals surface area contributed by atoms with E-state index in [4.69, 9.17) is 5.73 Å². The minimum absolute atomic E-state index is 0.175. The lowest BCUT2D eigenvalue weighted by atomic mass is 10.1. The molecule has 0 spiro atoms. The molecule has 1 fully saturated rings. The van der Waals surface area contributed by atoms with Gasteiger partial charge in [0.05, 0.1) is 6.54 Å². The second-order valence-corrected chi connectivity index (χ2v) is 9.28. The Hall–Kier alpha value is -0.650. The van der Waals surface area contributed by atoms with Crippen molar-refractivity contribution in [3.8, 4) is 0 Å². The SMILES string of the molecule is CCCCCCCCCCCC.C[O+](CCCCCCN)CC(O)CN1CCCC1=O. The lowest BCUT2D eigenvalue weighted by Crippen LogP contribution is -2.37. The molecule has 1 rings (SSSR count). The molecular formula is C26H55N2O3+. The lowest BCUT2D eigenvalue weighted by molar-refractivity contribution is -0.143. The molecule has 0 aliphatic carbocycles. The summed E-state index contributed by atoms with van der Waals surface area (Å²) in [6.07, 6.45) is 20.1. The minimum atomic E-state index is -0.471. The first kappa shape index (κ1) is 30.4. The van der Waals surface area contributed by atoms with Crippen LogP contribution >= 0.6 is 0 Å². The number of hydrogen-bond acceptors (Lipinski definition) is 3. The van der Waals surface area contributed by atoms with E-state index in [0.29, 0.717) is 19.6 Å². The molecule has 0 bridgehead atoms. The van der Waals surface area contributed by atoms with Gasteiger partial charge < -0.3 is 20.1 Å². The van der Waals surface area contributed by atoms with E-state index < -0.39 is 6.10 Å². The van der Waals surface area contributed by atoms with E-state index in [2.05, 4.69) is 18.2 Å². The van der Waals surface area contributed by atoms with Crippen LogP contribution in [-0.4, -0.2) is 62.0 Å². The van der Waals surface area contributed by atoms with E-state index in [0.717, 1.165) is 39.0 Å². The monoisotopic (exact) mass is 443 g/mol. The van der Waals surface area contributed by atoms with E-state index in [1.165, 1.54) is 77.0 Å². The number of carbonyl (C=O) groups is 1. The van der Waals surface area contributed by atoms with Crippen LogP contribution in [-0.2, 0) is 9.16 Å². The Morgan fingerprint density at radius 2 is 1.42 bits per heavy atom. The Labute approximate surface area is 193 Å². The zero-order valence-electron chi connectivity index (χ0n) is 21.2. The third kappa shape index (κ3) is 19.7. The average molecular weight is 444 g/mol. The van der Waals surface area contributed by atoms with Crippen LogP contribution in [0.5, 0.6) is 0 Å². The average Bonchev–Trinajstić information content (AvgIpc) is 3.14. The molecule has 0 aromatic heterocycles. The number of unbranched alkanes of at least 4 members (excludes halogenated alkanes) is 12. The van der Waals surface area contributed by atoms with E-state index >= 15 is 0 Å². The first-order valence-electron chi connectivity index (χ1n) is 13.3. The number of aliphatic hydroxyl groups is 1. The molecule has 0 saturated carbocycles. The fourth-order valence-corrected chi connectivity index (χ4v) is 4.02. The van der Waals surface area contributed by atoms with Gasteiger partial charge in [-0.1, -0.05) is 84.5 Å². The van der Waals surface area contributed by atoms with Crippen LogP contribution in [0.1, 0.15) is 117 Å². The summed E-state index contributed by atoms with van der Waals surface area (Å²) in [6.45, 7) is 8.05. The number of carbonyl (C=O) groups excluding carboxylic acids is 1. The normalized spacial score (nSPS) is 14.8. The number of rotatable bonds is 19. The van der Waals surface area contributed by atoms with Crippen molar-refractivity contribution in [2.45, 2.75) is 123 Å². The van der Waals surface area contributed by atoms with Crippen LogP contribution in [0, 0.1) is 0 Å². The third-order valence-electron chi connectivity index (χ3n) is 5.98. The van der Waals surface area contributed by atoms with E-state index in [1.54, 1.807) is 4.90 Å². The first-order chi connectivity index (χ1) is 15.0. The summed E-state index contributed by atoms with van der Waals surface area (Å²) in [5.41, 5.74) is 5.44. The zero-order valence-corrected chi connectivity index (χ0v) is 21.2. The first-order valence-corrected chi connectivity index (χ1v) is 13.3. The molecule has 0 radical (unpaired) electrons. The summed E-state index contributed by atoms with van der Waals surface area (Å²) in [5, 5.41) is 9.97. The highest BCUT2D eigenvalue weighted by Gasteiger charge is 2.24. The Morgan fingerprint density at radius 1 is 0.903 bits per heavy atom. The van der Waals surface area contributed by atoms with Crippen molar-refractivity contribution < 1.29 is 14.3 Å². The predicted molar refractivity (Wildman–Crippen MR) is 134 cm³/mol. The Bertz CT molecular complexity index is 383. The molecular weight excluding hydrogens is 388 g/mol. The van der Waals surface area contributed by atoms with E-state index in [1.807, 2.05) is 7.11 Å². The maximum Gasteiger partial charge on any atom is 0.222 e. The molecule has 5 heteroatoms. The van der Waals surface area contributed by atoms with Crippen molar-refractivity contribution >= 4 is 5.91 Å². The highest BCUT2D eigenvalue weighted by atomic mass is 16.7. The molecule has 1 unspecified atom stereocenters. The van der Waals surface area contributed by atoms with Crippen LogP contribution < -0.4 is 5.73 Å². The minimum Gasteiger partial charge on any atom is -0.422 e. The van der Waals surface area contributed by atoms with Gasteiger partial charge in [0.1, 0.15) is 19.8 Å². The quantitative estimate of drug-likeness (QED) is 0.202. The van der Waals surface area contributed by atoms with Gasteiger partial charge >= 0.3 is 0 Å². The fraction of sp³-hybridized carbons (Fsp3) is 0.962. The highest BCUT2D eigenvalue weighted by molar-refractivity contribution is 5.78. The molecule has 1 heterocycles. The molecule has 1 aliphatic heterocycles. The van der Waals surface area contributed by atoms with Gasteiger partial charge in [-0.3, -0.25) is 4.79 Å². The van der Waals surface area contributed by atoms with Gasteiger partial charge in [0.15, 0.2) is 6.61 Å². The Kier molecular flexibility index (Phi) is 22.1. The number of aliphatic hydroxyl groups excluding tert-OH is 1. The van der Waals surface area contributed by atoms with Crippen molar-refractivity contribution in [3.05, 3.63) is 0 Å². The Morgan fingerprint density at radius 3 is 1.90 bits per heavy atom. The maximum absolute atomic E-state index is 11.5. The van der Waals surface area contributed by atoms with E-state index in [-0.39, 0.29) is 5.91 Å². The molecule has 3 N–H and O–H groups in total. The van der Waals surface area contributed by atoms with Gasteiger partial charge in [0.2, 0.25) is 5.91 Å². The second kappa shape index (κ2) is 22.5. The zero-order chi connectivity index (χ0) is 23.2. The number of amides is 1. The van der Waals surface area contributed by atoms with E-state index in [9.17, 15) is 9.90 Å². The van der Waals surface area contributed by atoms with Crippen LogP contribution in [0.15, 0.2) is 0 Å². The lowest BCUT2D eigenvalue weighted by Gasteiger charge is -2.22. The Balaban J connectivity index is 0.000000649. The summed E-state index contributed by atoms with van der Waals surface area (Å²) >= 11 is 0. The van der Waals surface area contributed by atoms with Crippen LogP contribution in [0.2, 0.25) is 0 Å². The van der Waals surface area contributed by atoms with Gasteiger partial charge in [0.25, 0.3) is 0 Å². The number of nitrogens with two attached hydrogens (primary N) is 1. The molecule has 0 aromatic rings. The smallest absolute Gasteiger partial charge is 0.222 e. The fourth-order valence-electron chi connectivity index (χ4n) is 4.02. The van der Waals surface area contributed by atoms with Crippen LogP contribution in [0.3, 0.4) is 0 Å². The molecule has 186 valence electrons. The molecule has 1 aliphatic rings. The number of likely N-dealkylation sites (tertiary alicyclic amines) is 1. The second-order valence-electron chi connectivity index (χ2n) is 9.28. The van der Waals surface area contributed by atoms with Gasteiger partial charge in [-0.25, -0.2) is 0 Å². The summed E-state index contributed by atoms with van der Waals surface area (Å²) in [7, 11) is 1.94. The predicted octanol–water partition coefficient (Wildman–Crippen LogP) is 5.60. The number of β-amino-alcohol motifs (C(OH)–C–C–N with tert-alkyl or cyclic N) is 1. The third-order valence-corrected chi connectivity index (χ3v) is 5.98. The van der Waals surface area contributed by atoms with Gasteiger partial charge in [0, 0.05) is 19.4 Å². The molecule has 1 saturated heterocycles. The van der Waals surface area contributed by atoms with Gasteiger partial charge in [-0.15, -0.1) is 0 Å². The largest absolute Gasteiger partial charge is 0.422 e.